The standard InChI is InChI=1S/C15H11ClN2O2/c1-9-3-2-4-10(8-17)14(9)18-11-5-6-13(16)12(7-11)15(19)20/h2-7,18H,1H3,(H,19,20). The van der Waals surface area contributed by atoms with Gasteiger partial charge in [0.05, 0.1) is 21.8 Å². The van der Waals surface area contributed by atoms with E-state index in [1.807, 2.05) is 13.0 Å². The van der Waals surface area contributed by atoms with Crippen LogP contribution in [0.25, 0.3) is 0 Å². The number of nitriles is 1. The predicted octanol–water partition coefficient (Wildman–Crippen LogP) is 3.96. The lowest BCUT2D eigenvalue weighted by Crippen LogP contribution is -2.01. The Morgan fingerprint density at radius 3 is 2.75 bits per heavy atom. The van der Waals surface area contributed by atoms with Crippen molar-refractivity contribution in [3.63, 3.8) is 0 Å². The summed E-state index contributed by atoms with van der Waals surface area (Å²) in [4.78, 5) is 11.1. The second kappa shape index (κ2) is 5.64. The lowest BCUT2D eigenvalue weighted by molar-refractivity contribution is 0.0697. The van der Waals surface area contributed by atoms with Gasteiger partial charge in [0.1, 0.15) is 6.07 Å². The molecule has 0 aliphatic rings. The summed E-state index contributed by atoms with van der Waals surface area (Å²) in [6.45, 7) is 1.87. The lowest BCUT2D eigenvalue weighted by Gasteiger charge is -2.12. The number of aryl methyl sites for hydroxylation is 1. The molecule has 0 aliphatic heterocycles. The maximum atomic E-state index is 11.1. The van der Waals surface area contributed by atoms with E-state index in [0.29, 0.717) is 16.9 Å². The Kier molecular flexibility index (Phi) is 3.92. The minimum Gasteiger partial charge on any atom is -0.478 e. The normalized spacial score (nSPS) is 9.85. The molecule has 2 N–H and O–H groups in total. The van der Waals surface area contributed by atoms with Gasteiger partial charge in [0.2, 0.25) is 0 Å². The van der Waals surface area contributed by atoms with E-state index < -0.39 is 5.97 Å². The number of carbonyl (C=O) groups is 1. The maximum Gasteiger partial charge on any atom is 0.337 e. The van der Waals surface area contributed by atoms with E-state index in [9.17, 15) is 4.79 Å². The second-order valence-electron chi connectivity index (χ2n) is 4.23. The summed E-state index contributed by atoms with van der Waals surface area (Å²) >= 11 is 5.82. The summed E-state index contributed by atoms with van der Waals surface area (Å²) < 4.78 is 0. The van der Waals surface area contributed by atoms with Crippen molar-refractivity contribution in [2.24, 2.45) is 0 Å². The maximum absolute atomic E-state index is 11.1. The van der Waals surface area contributed by atoms with Crippen molar-refractivity contribution in [1.82, 2.24) is 0 Å². The highest BCUT2D eigenvalue weighted by Crippen LogP contribution is 2.27. The third kappa shape index (κ3) is 2.73. The number of rotatable bonds is 3. The van der Waals surface area contributed by atoms with Crippen LogP contribution >= 0.6 is 11.6 Å². The predicted molar refractivity (Wildman–Crippen MR) is 77.6 cm³/mol. The number of para-hydroxylation sites is 1. The van der Waals surface area contributed by atoms with Crippen LogP contribution in [0.3, 0.4) is 0 Å². The number of benzene rings is 2. The van der Waals surface area contributed by atoms with Gasteiger partial charge in [-0.15, -0.1) is 0 Å². The minimum atomic E-state index is -1.09. The van der Waals surface area contributed by atoms with E-state index in [0.717, 1.165) is 5.56 Å². The van der Waals surface area contributed by atoms with Crippen LogP contribution in [0.5, 0.6) is 0 Å². The molecule has 0 aliphatic carbocycles. The van der Waals surface area contributed by atoms with Gasteiger partial charge in [0.25, 0.3) is 0 Å². The highest BCUT2D eigenvalue weighted by molar-refractivity contribution is 6.33. The van der Waals surface area contributed by atoms with Crippen LogP contribution in [0, 0.1) is 18.3 Å². The first-order valence-electron chi connectivity index (χ1n) is 5.82. The van der Waals surface area contributed by atoms with Gasteiger partial charge in [0, 0.05) is 5.69 Å². The van der Waals surface area contributed by atoms with Gasteiger partial charge in [-0.2, -0.15) is 5.26 Å². The van der Waals surface area contributed by atoms with Crippen molar-refractivity contribution < 1.29 is 9.90 Å². The van der Waals surface area contributed by atoms with Crippen LogP contribution < -0.4 is 5.32 Å². The summed E-state index contributed by atoms with van der Waals surface area (Å²) in [6.07, 6.45) is 0. The molecule has 0 saturated heterocycles. The van der Waals surface area contributed by atoms with Crippen LogP contribution in [0.15, 0.2) is 36.4 Å². The monoisotopic (exact) mass is 286 g/mol. The summed E-state index contributed by atoms with van der Waals surface area (Å²) in [5, 5.41) is 21.4. The molecule has 0 saturated carbocycles. The number of carboxylic acids is 1. The summed E-state index contributed by atoms with van der Waals surface area (Å²) in [7, 11) is 0. The molecule has 0 aromatic heterocycles. The van der Waals surface area contributed by atoms with Crippen molar-refractivity contribution >= 4 is 28.9 Å². The van der Waals surface area contributed by atoms with Crippen molar-refractivity contribution in [2.45, 2.75) is 6.92 Å². The van der Waals surface area contributed by atoms with E-state index in [4.69, 9.17) is 22.0 Å². The molecule has 0 spiro atoms. The molecule has 20 heavy (non-hydrogen) atoms. The van der Waals surface area contributed by atoms with Crippen molar-refractivity contribution in [3.8, 4) is 6.07 Å². The number of anilines is 2. The van der Waals surface area contributed by atoms with Crippen molar-refractivity contribution in [3.05, 3.63) is 58.1 Å². The first-order valence-corrected chi connectivity index (χ1v) is 6.20. The average Bonchev–Trinajstić information content (AvgIpc) is 2.42. The minimum absolute atomic E-state index is 0.0174. The lowest BCUT2D eigenvalue weighted by atomic mass is 10.1. The smallest absolute Gasteiger partial charge is 0.337 e. The van der Waals surface area contributed by atoms with E-state index in [2.05, 4.69) is 11.4 Å². The second-order valence-corrected chi connectivity index (χ2v) is 4.64. The molecular formula is C15H11ClN2O2. The van der Waals surface area contributed by atoms with Gasteiger partial charge in [-0.05, 0) is 36.8 Å². The first kappa shape index (κ1) is 13.9. The average molecular weight is 287 g/mol. The largest absolute Gasteiger partial charge is 0.478 e. The van der Waals surface area contributed by atoms with Crippen LogP contribution in [0.2, 0.25) is 5.02 Å². The molecule has 2 aromatic rings. The van der Waals surface area contributed by atoms with Gasteiger partial charge < -0.3 is 10.4 Å². The number of aromatic carboxylic acids is 1. The summed E-state index contributed by atoms with van der Waals surface area (Å²) in [6, 6.07) is 12.1. The third-order valence-electron chi connectivity index (χ3n) is 2.86. The van der Waals surface area contributed by atoms with Gasteiger partial charge in [-0.3, -0.25) is 0 Å². The van der Waals surface area contributed by atoms with E-state index >= 15 is 0 Å². The highest BCUT2D eigenvalue weighted by atomic mass is 35.5. The zero-order chi connectivity index (χ0) is 14.7. The number of carboxylic acid groups (broad SMARTS) is 1. The Bertz CT molecular complexity index is 720. The molecule has 2 rings (SSSR count). The first-order chi connectivity index (χ1) is 9.52. The molecule has 5 heteroatoms. The third-order valence-corrected chi connectivity index (χ3v) is 3.19. The molecule has 0 atom stereocenters. The van der Waals surface area contributed by atoms with Gasteiger partial charge in [-0.1, -0.05) is 23.7 Å². The molecule has 0 heterocycles. The fraction of sp³-hybridized carbons (Fsp3) is 0.0667. The summed E-state index contributed by atoms with van der Waals surface area (Å²) in [5.74, 6) is -1.09. The fourth-order valence-electron chi connectivity index (χ4n) is 1.84. The Hall–Kier alpha value is -2.51. The van der Waals surface area contributed by atoms with Crippen LogP contribution in [0.4, 0.5) is 11.4 Å². The molecule has 0 fully saturated rings. The molecule has 0 unspecified atom stereocenters. The van der Waals surface area contributed by atoms with E-state index in [1.165, 1.54) is 12.1 Å². The Morgan fingerprint density at radius 2 is 2.10 bits per heavy atom. The van der Waals surface area contributed by atoms with Gasteiger partial charge >= 0.3 is 5.97 Å². The van der Waals surface area contributed by atoms with Crippen molar-refractivity contribution in [1.29, 1.82) is 5.26 Å². The van der Waals surface area contributed by atoms with E-state index in [1.54, 1.807) is 18.2 Å². The molecule has 0 amide bonds. The zero-order valence-electron chi connectivity index (χ0n) is 10.6. The molecule has 0 bridgehead atoms. The summed E-state index contributed by atoms with van der Waals surface area (Å²) in [5.41, 5.74) is 2.64. The molecule has 2 aromatic carbocycles. The van der Waals surface area contributed by atoms with E-state index in [-0.39, 0.29) is 10.6 Å². The number of hydrogen-bond acceptors (Lipinski definition) is 3. The topological polar surface area (TPSA) is 73.1 Å². The fourth-order valence-corrected chi connectivity index (χ4v) is 2.04. The zero-order valence-corrected chi connectivity index (χ0v) is 11.4. The number of nitrogens with zero attached hydrogens (tertiary/aromatic N) is 1. The number of halogens is 1. The SMILES string of the molecule is Cc1cccc(C#N)c1Nc1ccc(Cl)c(C(=O)O)c1. The Morgan fingerprint density at radius 1 is 1.35 bits per heavy atom. The van der Waals surface area contributed by atoms with Gasteiger partial charge in [-0.25, -0.2) is 4.79 Å². The molecule has 0 radical (unpaired) electrons. The molecule has 4 nitrogen and oxygen atoms in total. The Balaban J connectivity index is 2.44. The number of nitrogens with one attached hydrogen (secondary N) is 1. The van der Waals surface area contributed by atoms with Crippen LogP contribution in [-0.2, 0) is 0 Å². The Labute approximate surface area is 121 Å². The quantitative estimate of drug-likeness (QED) is 0.895. The molecular weight excluding hydrogens is 276 g/mol. The molecule has 100 valence electrons. The number of hydrogen-bond donors (Lipinski definition) is 2. The van der Waals surface area contributed by atoms with Crippen molar-refractivity contribution in [2.75, 3.05) is 5.32 Å². The highest BCUT2D eigenvalue weighted by Gasteiger charge is 2.11. The van der Waals surface area contributed by atoms with Crippen LogP contribution in [0.1, 0.15) is 21.5 Å². The van der Waals surface area contributed by atoms with Crippen LogP contribution in [-0.4, -0.2) is 11.1 Å². The van der Waals surface area contributed by atoms with Gasteiger partial charge in [0.15, 0.2) is 0 Å².